The third kappa shape index (κ3) is 2.44. The normalized spacial score (nSPS) is 17.3. The molecular weight excluding hydrogens is 222 g/mol. The maximum Gasteiger partial charge on any atom is 0.238 e. The summed E-state index contributed by atoms with van der Waals surface area (Å²) in [5.41, 5.74) is 2.11. The van der Waals surface area contributed by atoms with Crippen LogP contribution in [0.5, 0.6) is 0 Å². The van der Waals surface area contributed by atoms with Gasteiger partial charge < -0.3 is 0 Å². The average Bonchev–Trinajstić information content (AvgIpc) is 2.16. The minimum absolute atomic E-state index is 0.326. The number of benzene rings is 1. The van der Waals surface area contributed by atoms with E-state index in [1.54, 1.807) is 12.1 Å². The topological polar surface area (TPSA) is 60.2 Å². The third-order valence-electron chi connectivity index (χ3n) is 3.16. The quantitative estimate of drug-likeness (QED) is 0.814. The molecule has 0 fully saturated rings. The number of aryl methyl sites for hydroxylation is 1. The van der Waals surface area contributed by atoms with Crippen LogP contribution in [0.15, 0.2) is 23.1 Å². The van der Waals surface area contributed by atoms with E-state index in [9.17, 15) is 8.42 Å². The molecule has 3 nitrogen and oxygen atoms in total. The Balaban J connectivity index is 2.51. The molecule has 0 saturated heterocycles. The van der Waals surface area contributed by atoms with Crippen LogP contribution in [0.2, 0.25) is 0 Å². The summed E-state index contributed by atoms with van der Waals surface area (Å²) < 4.78 is 23.0. The molecule has 0 spiro atoms. The summed E-state index contributed by atoms with van der Waals surface area (Å²) in [6, 6.07) is 5.44. The molecule has 1 aromatic carbocycles. The van der Waals surface area contributed by atoms with Gasteiger partial charge in [-0.05, 0) is 42.9 Å². The van der Waals surface area contributed by atoms with Gasteiger partial charge in [-0.15, -0.1) is 0 Å². The fourth-order valence-corrected chi connectivity index (χ4v) is 3.21. The summed E-state index contributed by atoms with van der Waals surface area (Å²) in [5, 5.41) is 5.24. The molecule has 16 heavy (non-hydrogen) atoms. The van der Waals surface area contributed by atoms with E-state index in [4.69, 9.17) is 5.14 Å². The van der Waals surface area contributed by atoms with Gasteiger partial charge in [0.25, 0.3) is 0 Å². The standard InChI is InChI=1S/C12H17NO2S/c13-16(14,15)12-9-5-7-10-6-3-1-2-4-8-11(10)12/h5,7,9H,1-4,6,8H2,(H2,13,14,15). The molecule has 1 aromatic rings. The number of primary sulfonamides is 1. The Morgan fingerprint density at radius 2 is 1.69 bits per heavy atom. The molecule has 0 unspecified atom stereocenters. The van der Waals surface area contributed by atoms with Gasteiger partial charge in [0, 0.05) is 0 Å². The zero-order valence-electron chi connectivity index (χ0n) is 9.28. The van der Waals surface area contributed by atoms with Crippen LogP contribution in [0.4, 0.5) is 0 Å². The zero-order valence-corrected chi connectivity index (χ0v) is 10.1. The van der Waals surface area contributed by atoms with Crippen molar-refractivity contribution in [2.24, 2.45) is 5.14 Å². The van der Waals surface area contributed by atoms with Crippen molar-refractivity contribution in [3.8, 4) is 0 Å². The first-order valence-corrected chi connectivity index (χ1v) is 7.27. The second kappa shape index (κ2) is 4.55. The molecule has 0 aliphatic heterocycles. The van der Waals surface area contributed by atoms with E-state index in [0.29, 0.717) is 4.90 Å². The van der Waals surface area contributed by atoms with Crippen LogP contribution in [-0.2, 0) is 22.9 Å². The minimum atomic E-state index is -3.57. The predicted molar refractivity (Wildman–Crippen MR) is 63.7 cm³/mol. The Morgan fingerprint density at radius 3 is 2.38 bits per heavy atom. The van der Waals surface area contributed by atoms with Crippen molar-refractivity contribution in [1.82, 2.24) is 0 Å². The molecule has 0 radical (unpaired) electrons. The van der Waals surface area contributed by atoms with Crippen molar-refractivity contribution in [2.75, 3.05) is 0 Å². The third-order valence-corrected chi connectivity index (χ3v) is 4.16. The Morgan fingerprint density at radius 1 is 1.00 bits per heavy atom. The largest absolute Gasteiger partial charge is 0.238 e. The fourth-order valence-electron chi connectivity index (χ4n) is 2.37. The van der Waals surface area contributed by atoms with Crippen molar-refractivity contribution in [3.63, 3.8) is 0 Å². The SMILES string of the molecule is NS(=O)(=O)c1cccc2c1CCCCCC2. The first-order chi connectivity index (χ1) is 7.59. The summed E-state index contributed by atoms with van der Waals surface area (Å²) >= 11 is 0. The molecule has 0 saturated carbocycles. The van der Waals surface area contributed by atoms with Gasteiger partial charge in [-0.1, -0.05) is 25.0 Å². The number of nitrogens with two attached hydrogens (primary N) is 1. The summed E-state index contributed by atoms with van der Waals surface area (Å²) in [6.07, 6.45) is 6.42. The van der Waals surface area contributed by atoms with E-state index in [1.807, 2.05) is 6.07 Å². The van der Waals surface area contributed by atoms with E-state index in [-0.39, 0.29) is 0 Å². The Bertz CT molecular complexity index is 480. The highest BCUT2D eigenvalue weighted by Gasteiger charge is 2.17. The van der Waals surface area contributed by atoms with E-state index in [2.05, 4.69) is 0 Å². The zero-order chi connectivity index (χ0) is 11.6. The monoisotopic (exact) mass is 239 g/mol. The number of fused-ring (bicyclic) bond motifs is 1. The molecule has 0 atom stereocenters. The smallest absolute Gasteiger partial charge is 0.225 e. The van der Waals surface area contributed by atoms with E-state index in [1.165, 1.54) is 12.8 Å². The van der Waals surface area contributed by atoms with Crippen LogP contribution in [0.3, 0.4) is 0 Å². The molecule has 2 N–H and O–H groups in total. The van der Waals surface area contributed by atoms with Crippen molar-refractivity contribution in [1.29, 1.82) is 0 Å². The van der Waals surface area contributed by atoms with Crippen LogP contribution in [0.1, 0.15) is 36.8 Å². The van der Waals surface area contributed by atoms with E-state index in [0.717, 1.165) is 36.8 Å². The van der Waals surface area contributed by atoms with Gasteiger partial charge in [-0.2, -0.15) is 0 Å². The number of hydrogen-bond donors (Lipinski definition) is 1. The van der Waals surface area contributed by atoms with E-state index < -0.39 is 10.0 Å². The van der Waals surface area contributed by atoms with Crippen molar-refractivity contribution in [3.05, 3.63) is 29.3 Å². The Kier molecular flexibility index (Phi) is 3.30. The highest BCUT2D eigenvalue weighted by Crippen LogP contribution is 2.25. The highest BCUT2D eigenvalue weighted by molar-refractivity contribution is 7.89. The Labute approximate surface area is 96.7 Å². The van der Waals surface area contributed by atoms with Crippen LogP contribution in [0, 0.1) is 0 Å². The van der Waals surface area contributed by atoms with Gasteiger partial charge in [0.2, 0.25) is 10.0 Å². The van der Waals surface area contributed by atoms with Crippen molar-refractivity contribution in [2.45, 2.75) is 43.4 Å². The predicted octanol–water partition coefficient (Wildman–Crippen LogP) is 1.99. The van der Waals surface area contributed by atoms with Crippen LogP contribution in [-0.4, -0.2) is 8.42 Å². The molecule has 88 valence electrons. The van der Waals surface area contributed by atoms with Crippen LogP contribution in [0.25, 0.3) is 0 Å². The summed E-state index contributed by atoms with van der Waals surface area (Å²) in [5.74, 6) is 0. The first-order valence-electron chi connectivity index (χ1n) is 5.72. The number of hydrogen-bond acceptors (Lipinski definition) is 2. The maximum absolute atomic E-state index is 11.5. The molecule has 4 heteroatoms. The van der Waals surface area contributed by atoms with Crippen molar-refractivity contribution >= 4 is 10.0 Å². The molecule has 0 heterocycles. The summed E-state index contributed by atoms with van der Waals surface area (Å²) in [7, 11) is -3.57. The lowest BCUT2D eigenvalue weighted by Crippen LogP contribution is -2.16. The molecule has 0 bridgehead atoms. The van der Waals surface area contributed by atoms with Crippen LogP contribution < -0.4 is 5.14 Å². The summed E-state index contributed by atoms with van der Waals surface area (Å²) in [4.78, 5) is 0.326. The lowest BCUT2D eigenvalue weighted by Gasteiger charge is -2.16. The van der Waals surface area contributed by atoms with Gasteiger partial charge in [0.1, 0.15) is 0 Å². The minimum Gasteiger partial charge on any atom is -0.225 e. The van der Waals surface area contributed by atoms with Gasteiger partial charge in [0.05, 0.1) is 4.90 Å². The number of sulfonamides is 1. The van der Waals surface area contributed by atoms with Crippen LogP contribution >= 0.6 is 0 Å². The maximum atomic E-state index is 11.5. The van der Waals surface area contributed by atoms with E-state index >= 15 is 0 Å². The Hall–Kier alpha value is -0.870. The lowest BCUT2D eigenvalue weighted by molar-refractivity contribution is 0.588. The van der Waals surface area contributed by atoms with Gasteiger partial charge in [-0.25, -0.2) is 13.6 Å². The van der Waals surface area contributed by atoms with Gasteiger partial charge in [0.15, 0.2) is 0 Å². The fraction of sp³-hybridized carbons (Fsp3) is 0.500. The van der Waals surface area contributed by atoms with Crippen molar-refractivity contribution < 1.29 is 8.42 Å². The molecule has 2 rings (SSSR count). The molecule has 0 amide bonds. The second-order valence-electron chi connectivity index (χ2n) is 4.35. The highest BCUT2D eigenvalue weighted by atomic mass is 32.2. The first kappa shape index (κ1) is 11.6. The average molecular weight is 239 g/mol. The van der Waals surface area contributed by atoms with Gasteiger partial charge >= 0.3 is 0 Å². The lowest BCUT2D eigenvalue weighted by atomic mass is 9.93. The molecule has 1 aliphatic carbocycles. The molecular formula is C12H17NO2S. The number of rotatable bonds is 1. The molecule has 0 aromatic heterocycles. The summed E-state index contributed by atoms with van der Waals surface area (Å²) in [6.45, 7) is 0. The molecule has 1 aliphatic rings. The second-order valence-corrected chi connectivity index (χ2v) is 5.88. The van der Waals surface area contributed by atoms with Gasteiger partial charge in [-0.3, -0.25) is 0 Å².